The summed E-state index contributed by atoms with van der Waals surface area (Å²) in [4.78, 5) is 19.1. The van der Waals surface area contributed by atoms with Gasteiger partial charge in [0.15, 0.2) is 0 Å². The predicted molar refractivity (Wildman–Crippen MR) is 107 cm³/mol. The van der Waals surface area contributed by atoms with E-state index in [1.165, 1.54) is 0 Å². The fraction of sp³-hybridized carbons (Fsp3) is 0.182. The summed E-state index contributed by atoms with van der Waals surface area (Å²) < 4.78 is 0. The van der Waals surface area contributed by atoms with E-state index in [1.807, 2.05) is 68.4 Å². The summed E-state index contributed by atoms with van der Waals surface area (Å²) in [5.41, 5.74) is 5.56. The number of nitrogens with zero attached hydrogens (tertiary/aromatic N) is 2. The quantitative estimate of drug-likeness (QED) is 0.699. The SMILES string of the molecule is CCN(c1ccccc1)c1cncc(C(=O)Nc2cccc(C)c2C)c1. The Labute approximate surface area is 154 Å². The Balaban J connectivity index is 1.86. The van der Waals surface area contributed by atoms with E-state index in [0.29, 0.717) is 5.56 Å². The van der Waals surface area contributed by atoms with Crippen molar-refractivity contribution >= 4 is 23.0 Å². The largest absolute Gasteiger partial charge is 0.340 e. The topological polar surface area (TPSA) is 45.2 Å². The molecule has 26 heavy (non-hydrogen) atoms. The molecule has 1 N–H and O–H groups in total. The number of hydrogen-bond donors (Lipinski definition) is 1. The number of aryl methyl sites for hydroxylation is 1. The van der Waals surface area contributed by atoms with Crippen LogP contribution in [0.5, 0.6) is 0 Å². The minimum atomic E-state index is -0.155. The molecule has 3 aromatic rings. The number of aromatic nitrogens is 1. The highest BCUT2D eigenvalue weighted by Crippen LogP contribution is 2.25. The molecule has 0 spiro atoms. The van der Waals surface area contributed by atoms with Gasteiger partial charge in [-0.25, -0.2) is 0 Å². The van der Waals surface area contributed by atoms with Crippen molar-refractivity contribution in [1.82, 2.24) is 4.98 Å². The first-order chi connectivity index (χ1) is 12.6. The van der Waals surface area contributed by atoms with E-state index in [4.69, 9.17) is 0 Å². The van der Waals surface area contributed by atoms with Crippen molar-refractivity contribution in [3.05, 3.63) is 83.7 Å². The molecule has 2 aromatic carbocycles. The first kappa shape index (κ1) is 17.7. The van der Waals surface area contributed by atoms with Crippen LogP contribution in [-0.4, -0.2) is 17.4 Å². The van der Waals surface area contributed by atoms with Gasteiger partial charge in [0, 0.05) is 24.1 Å². The Morgan fingerprint density at radius 2 is 1.77 bits per heavy atom. The second-order valence-corrected chi connectivity index (χ2v) is 6.21. The van der Waals surface area contributed by atoms with Crippen LogP contribution in [0, 0.1) is 13.8 Å². The molecule has 0 aliphatic rings. The van der Waals surface area contributed by atoms with Crippen LogP contribution in [0.3, 0.4) is 0 Å². The molecule has 0 bridgehead atoms. The van der Waals surface area contributed by atoms with Crippen molar-refractivity contribution in [2.45, 2.75) is 20.8 Å². The van der Waals surface area contributed by atoms with Gasteiger partial charge in [-0.05, 0) is 56.2 Å². The van der Waals surface area contributed by atoms with Gasteiger partial charge in [-0.1, -0.05) is 30.3 Å². The van der Waals surface area contributed by atoms with Crippen molar-refractivity contribution in [3.63, 3.8) is 0 Å². The van der Waals surface area contributed by atoms with Crippen LogP contribution in [0.4, 0.5) is 17.1 Å². The summed E-state index contributed by atoms with van der Waals surface area (Å²) in [7, 11) is 0. The second-order valence-electron chi connectivity index (χ2n) is 6.21. The molecule has 0 saturated heterocycles. The second kappa shape index (κ2) is 7.83. The Kier molecular flexibility index (Phi) is 5.32. The zero-order valence-electron chi connectivity index (χ0n) is 15.4. The van der Waals surface area contributed by atoms with Crippen LogP contribution in [0.25, 0.3) is 0 Å². The highest BCUT2D eigenvalue weighted by atomic mass is 16.1. The molecule has 1 heterocycles. The van der Waals surface area contributed by atoms with Crippen molar-refractivity contribution in [3.8, 4) is 0 Å². The Morgan fingerprint density at radius 1 is 1.00 bits per heavy atom. The van der Waals surface area contributed by atoms with E-state index in [1.54, 1.807) is 12.4 Å². The van der Waals surface area contributed by atoms with Gasteiger partial charge in [-0.2, -0.15) is 0 Å². The van der Waals surface area contributed by atoms with Crippen LogP contribution >= 0.6 is 0 Å². The van der Waals surface area contributed by atoms with Gasteiger partial charge in [0.25, 0.3) is 5.91 Å². The van der Waals surface area contributed by atoms with Gasteiger partial charge < -0.3 is 10.2 Å². The smallest absolute Gasteiger partial charge is 0.257 e. The molecule has 0 fully saturated rings. The van der Waals surface area contributed by atoms with Gasteiger partial charge in [0.1, 0.15) is 0 Å². The lowest BCUT2D eigenvalue weighted by atomic mass is 10.1. The number of benzene rings is 2. The van der Waals surface area contributed by atoms with Crippen LogP contribution in [0.15, 0.2) is 67.0 Å². The lowest BCUT2D eigenvalue weighted by molar-refractivity contribution is 0.102. The summed E-state index contributed by atoms with van der Waals surface area (Å²) in [5.74, 6) is -0.155. The molecule has 0 saturated carbocycles. The van der Waals surface area contributed by atoms with Gasteiger partial charge in [0.05, 0.1) is 17.4 Å². The molecule has 0 unspecified atom stereocenters. The number of amides is 1. The highest BCUT2D eigenvalue weighted by molar-refractivity contribution is 6.05. The summed E-state index contributed by atoms with van der Waals surface area (Å²) in [5, 5.41) is 2.99. The normalized spacial score (nSPS) is 10.4. The molecule has 1 aromatic heterocycles. The van der Waals surface area contributed by atoms with Crippen LogP contribution in [0.2, 0.25) is 0 Å². The standard InChI is InChI=1S/C22H23N3O/c1-4-25(19-10-6-5-7-11-19)20-13-18(14-23-15-20)22(26)24-21-12-8-9-16(2)17(21)3/h5-15H,4H2,1-3H3,(H,24,26). The zero-order valence-corrected chi connectivity index (χ0v) is 15.4. The van der Waals surface area contributed by atoms with Crippen molar-refractivity contribution < 1.29 is 4.79 Å². The first-order valence-corrected chi connectivity index (χ1v) is 8.75. The number of carbonyl (C=O) groups is 1. The average Bonchev–Trinajstić information content (AvgIpc) is 2.67. The fourth-order valence-electron chi connectivity index (χ4n) is 2.90. The van der Waals surface area contributed by atoms with Gasteiger partial charge in [-0.3, -0.25) is 9.78 Å². The molecule has 4 heteroatoms. The van der Waals surface area contributed by atoms with Crippen molar-refractivity contribution in [2.24, 2.45) is 0 Å². The molecule has 0 aliphatic heterocycles. The highest BCUT2D eigenvalue weighted by Gasteiger charge is 2.13. The number of hydrogen-bond acceptors (Lipinski definition) is 3. The molecule has 132 valence electrons. The van der Waals surface area contributed by atoms with Gasteiger partial charge in [0.2, 0.25) is 0 Å². The third kappa shape index (κ3) is 3.75. The number of carbonyl (C=O) groups excluding carboxylic acids is 1. The molecule has 0 aliphatic carbocycles. The van der Waals surface area contributed by atoms with E-state index in [2.05, 4.69) is 22.1 Å². The van der Waals surface area contributed by atoms with Crippen molar-refractivity contribution in [2.75, 3.05) is 16.8 Å². The van der Waals surface area contributed by atoms with Gasteiger partial charge in [-0.15, -0.1) is 0 Å². The molecule has 1 amide bonds. The van der Waals surface area contributed by atoms with Crippen LogP contribution in [-0.2, 0) is 0 Å². The summed E-state index contributed by atoms with van der Waals surface area (Å²) >= 11 is 0. The fourth-order valence-corrected chi connectivity index (χ4v) is 2.90. The molecular formula is C22H23N3O. The predicted octanol–water partition coefficient (Wildman–Crippen LogP) is 5.11. The minimum Gasteiger partial charge on any atom is -0.340 e. The Morgan fingerprint density at radius 3 is 2.50 bits per heavy atom. The number of para-hydroxylation sites is 1. The average molecular weight is 345 g/mol. The Hall–Kier alpha value is -3.14. The van der Waals surface area contributed by atoms with E-state index >= 15 is 0 Å². The lowest BCUT2D eigenvalue weighted by Gasteiger charge is -2.23. The van der Waals surface area contributed by atoms with Crippen LogP contribution in [0.1, 0.15) is 28.4 Å². The summed E-state index contributed by atoms with van der Waals surface area (Å²) in [6, 6.07) is 17.9. The van der Waals surface area contributed by atoms with Gasteiger partial charge >= 0.3 is 0 Å². The number of nitrogens with one attached hydrogen (secondary N) is 1. The first-order valence-electron chi connectivity index (χ1n) is 8.75. The zero-order chi connectivity index (χ0) is 18.5. The van der Waals surface area contributed by atoms with Crippen LogP contribution < -0.4 is 10.2 Å². The molecule has 0 atom stereocenters. The third-order valence-corrected chi connectivity index (χ3v) is 4.53. The molecule has 4 nitrogen and oxygen atoms in total. The number of pyridine rings is 1. The Bertz CT molecular complexity index is 906. The number of rotatable bonds is 5. The number of anilines is 3. The van der Waals surface area contributed by atoms with Crippen molar-refractivity contribution in [1.29, 1.82) is 0 Å². The van der Waals surface area contributed by atoms with E-state index in [-0.39, 0.29) is 5.91 Å². The molecule has 0 radical (unpaired) electrons. The van der Waals surface area contributed by atoms with E-state index < -0.39 is 0 Å². The summed E-state index contributed by atoms with van der Waals surface area (Å²) in [6.07, 6.45) is 3.38. The maximum atomic E-state index is 12.7. The maximum Gasteiger partial charge on any atom is 0.257 e. The lowest BCUT2D eigenvalue weighted by Crippen LogP contribution is -2.18. The van der Waals surface area contributed by atoms with E-state index in [9.17, 15) is 4.79 Å². The van der Waals surface area contributed by atoms with E-state index in [0.717, 1.165) is 34.7 Å². The maximum absolute atomic E-state index is 12.7. The molecule has 3 rings (SSSR count). The minimum absolute atomic E-state index is 0.155. The monoisotopic (exact) mass is 345 g/mol. The molecular weight excluding hydrogens is 322 g/mol. The summed E-state index contributed by atoms with van der Waals surface area (Å²) in [6.45, 7) is 6.91. The third-order valence-electron chi connectivity index (χ3n) is 4.53.